The lowest BCUT2D eigenvalue weighted by atomic mass is 9.99. The summed E-state index contributed by atoms with van der Waals surface area (Å²) in [4.78, 5) is 38.0. The van der Waals surface area contributed by atoms with Gasteiger partial charge in [-0.2, -0.15) is 13.2 Å². The van der Waals surface area contributed by atoms with Crippen LogP contribution < -0.4 is 21.3 Å². The number of nitrogens with one attached hydrogen (secondary N) is 2. The largest absolute Gasteiger partial charge is 0.452 e. The van der Waals surface area contributed by atoms with Crippen molar-refractivity contribution in [1.29, 1.82) is 0 Å². The molecular weight excluding hydrogens is 537 g/mol. The number of alkyl halides is 3. The molecule has 0 spiro atoms. The van der Waals surface area contributed by atoms with Crippen LogP contribution in [-0.4, -0.2) is 36.9 Å². The first-order valence-electron chi connectivity index (χ1n) is 11.7. The topological polar surface area (TPSA) is 140 Å². The molecule has 1 amide bonds. The number of hydrogen-bond donors (Lipinski definition) is 3. The van der Waals surface area contributed by atoms with Gasteiger partial charge in [0.2, 0.25) is 15.9 Å². The van der Waals surface area contributed by atoms with Crippen LogP contribution in [0.4, 0.5) is 24.5 Å². The van der Waals surface area contributed by atoms with E-state index in [0.717, 1.165) is 4.57 Å². The number of pyridine rings is 1. The van der Waals surface area contributed by atoms with Crippen LogP contribution in [-0.2, 0) is 31.9 Å². The second-order valence-corrected chi connectivity index (χ2v) is 10.9. The summed E-state index contributed by atoms with van der Waals surface area (Å²) < 4.78 is 67.8. The van der Waals surface area contributed by atoms with Crippen molar-refractivity contribution in [1.82, 2.24) is 9.88 Å². The van der Waals surface area contributed by atoms with E-state index in [0.29, 0.717) is 16.8 Å². The van der Waals surface area contributed by atoms with Gasteiger partial charge in [-0.3, -0.25) is 23.7 Å². The second kappa shape index (κ2) is 11.7. The molecule has 3 rings (SSSR count). The Morgan fingerprint density at radius 1 is 0.974 bits per heavy atom. The first-order valence-corrected chi connectivity index (χ1v) is 13.4. The predicted molar refractivity (Wildman–Crippen MR) is 141 cm³/mol. The van der Waals surface area contributed by atoms with Crippen molar-refractivity contribution >= 4 is 33.1 Å². The highest BCUT2D eigenvalue weighted by Crippen LogP contribution is 2.22. The Morgan fingerprint density at radius 3 is 2.15 bits per heavy atom. The van der Waals surface area contributed by atoms with Gasteiger partial charge in [0.25, 0.3) is 11.3 Å². The Bertz CT molecular complexity index is 1500. The quantitative estimate of drug-likeness (QED) is 0.323. The lowest BCUT2D eigenvalue weighted by Gasteiger charge is -2.23. The third-order valence-electron chi connectivity index (χ3n) is 5.69. The summed E-state index contributed by atoms with van der Waals surface area (Å²) in [6.45, 7) is 1.91. The number of ketones is 1. The molecule has 0 bridgehead atoms. The van der Waals surface area contributed by atoms with Crippen molar-refractivity contribution < 1.29 is 31.2 Å². The van der Waals surface area contributed by atoms with E-state index in [2.05, 4.69) is 10.0 Å². The number of carbonyl (C=O) groups is 2. The van der Waals surface area contributed by atoms with Gasteiger partial charge in [0.05, 0.1) is 17.5 Å². The number of hydrogen-bond acceptors (Lipinski definition) is 6. The molecule has 208 valence electrons. The summed E-state index contributed by atoms with van der Waals surface area (Å²) in [6.07, 6.45) is -5.17. The Kier molecular flexibility index (Phi) is 8.85. The normalized spacial score (nSPS) is 12.7. The van der Waals surface area contributed by atoms with Crippen molar-refractivity contribution in [2.45, 2.75) is 38.4 Å². The van der Waals surface area contributed by atoms with Crippen molar-refractivity contribution in [3.05, 3.63) is 82.6 Å². The Balaban J connectivity index is 1.96. The summed E-state index contributed by atoms with van der Waals surface area (Å²) in [7, 11) is -4.08. The fourth-order valence-corrected chi connectivity index (χ4v) is 4.98. The fraction of sp³-hybridized carbons (Fsp3) is 0.269. The Hall–Kier alpha value is -4.13. The average molecular weight is 565 g/mol. The van der Waals surface area contributed by atoms with E-state index in [4.69, 9.17) is 5.73 Å². The minimum atomic E-state index is -5.17. The van der Waals surface area contributed by atoms with Crippen molar-refractivity contribution in [2.75, 3.05) is 10.5 Å². The molecule has 13 heteroatoms. The van der Waals surface area contributed by atoms with Gasteiger partial charge in [-0.15, -0.1) is 0 Å². The van der Waals surface area contributed by atoms with Crippen LogP contribution in [0.3, 0.4) is 0 Å². The third kappa shape index (κ3) is 7.69. The van der Waals surface area contributed by atoms with E-state index in [1.807, 2.05) is 0 Å². The van der Waals surface area contributed by atoms with E-state index in [1.54, 1.807) is 30.3 Å². The van der Waals surface area contributed by atoms with Crippen LogP contribution >= 0.6 is 0 Å². The highest BCUT2D eigenvalue weighted by atomic mass is 32.2. The maximum absolute atomic E-state index is 13.4. The van der Waals surface area contributed by atoms with Gasteiger partial charge in [-0.05, 0) is 41.3 Å². The number of sulfonamides is 1. The van der Waals surface area contributed by atoms with Gasteiger partial charge >= 0.3 is 6.18 Å². The van der Waals surface area contributed by atoms with Crippen LogP contribution in [0.2, 0.25) is 0 Å². The number of aromatic nitrogens is 1. The molecule has 0 saturated heterocycles. The molecule has 1 atom stereocenters. The van der Waals surface area contributed by atoms with Crippen molar-refractivity contribution in [3.8, 4) is 11.3 Å². The molecule has 1 unspecified atom stereocenters. The molecule has 1 aromatic heterocycles. The minimum Gasteiger partial charge on any atom is -0.399 e. The summed E-state index contributed by atoms with van der Waals surface area (Å²) in [5, 5.41) is 2.07. The minimum absolute atomic E-state index is 0.209. The lowest BCUT2D eigenvalue weighted by Crippen LogP contribution is -2.50. The standard InChI is InChI=1S/C26H27F3N4O5S/c1-16(2)23(24(35)26(27,28)29)31-22(34)14-33-21(18-6-4-3-5-7-18)13-12-20(25(33)36)32-39(37,38)15-17-8-10-19(30)11-9-17/h3-13,16,23,32H,14-15,30H2,1-2H3,(H,31,34). The van der Waals surface area contributed by atoms with Crippen molar-refractivity contribution in [2.24, 2.45) is 5.92 Å². The molecule has 2 aromatic carbocycles. The molecule has 3 aromatic rings. The van der Waals surface area contributed by atoms with Gasteiger partial charge < -0.3 is 11.1 Å². The molecule has 39 heavy (non-hydrogen) atoms. The third-order valence-corrected chi connectivity index (χ3v) is 6.94. The number of rotatable bonds is 10. The first kappa shape index (κ1) is 29.4. The molecule has 0 aliphatic rings. The van der Waals surface area contributed by atoms with E-state index in [9.17, 15) is 36.0 Å². The van der Waals surface area contributed by atoms with Gasteiger partial charge in [0.15, 0.2) is 0 Å². The number of Topliss-reactive ketones (excluding diaryl/α,β-unsaturated/α-hetero) is 1. The number of carbonyl (C=O) groups excluding carboxylic acids is 2. The summed E-state index contributed by atoms with van der Waals surface area (Å²) >= 11 is 0. The number of amides is 1. The molecule has 0 fully saturated rings. The lowest BCUT2D eigenvalue weighted by molar-refractivity contribution is -0.174. The van der Waals surface area contributed by atoms with Crippen molar-refractivity contribution in [3.63, 3.8) is 0 Å². The number of nitrogen functional groups attached to an aromatic ring is 1. The van der Waals surface area contributed by atoms with Crippen LogP contribution in [0.1, 0.15) is 19.4 Å². The number of nitrogens with zero attached hydrogens (tertiary/aromatic N) is 1. The van der Waals surface area contributed by atoms with Gasteiger partial charge in [-0.1, -0.05) is 56.3 Å². The van der Waals surface area contributed by atoms with Crippen LogP contribution in [0.5, 0.6) is 0 Å². The highest BCUT2D eigenvalue weighted by Gasteiger charge is 2.45. The predicted octanol–water partition coefficient (Wildman–Crippen LogP) is 3.31. The molecule has 1 heterocycles. The van der Waals surface area contributed by atoms with E-state index in [1.165, 1.54) is 50.2 Å². The van der Waals surface area contributed by atoms with Crippen LogP contribution in [0, 0.1) is 5.92 Å². The van der Waals surface area contributed by atoms with E-state index < -0.39 is 57.7 Å². The van der Waals surface area contributed by atoms with Crippen LogP contribution in [0.25, 0.3) is 11.3 Å². The molecule has 0 radical (unpaired) electrons. The van der Waals surface area contributed by atoms with E-state index in [-0.39, 0.29) is 11.4 Å². The number of nitrogens with two attached hydrogens (primary N) is 1. The number of benzene rings is 2. The zero-order valence-corrected chi connectivity index (χ0v) is 21.8. The zero-order chi connectivity index (χ0) is 29.0. The van der Waals surface area contributed by atoms with E-state index >= 15 is 0 Å². The number of anilines is 2. The van der Waals surface area contributed by atoms with Crippen LogP contribution in [0.15, 0.2) is 71.5 Å². The highest BCUT2D eigenvalue weighted by molar-refractivity contribution is 7.91. The molecule has 0 saturated carbocycles. The molecule has 0 aliphatic carbocycles. The first-order chi connectivity index (χ1) is 18.2. The van der Waals surface area contributed by atoms with Gasteiger partial charge in [-0.25, -0.2) is 8.42 Å². The zero-order valence-electron chi connectivity index (χ0n) is 21.0. The molecule has 4 N–H and O–H groups in total. The maximum Gasteiger partial charge on any atom is 0.452 e. The number of halogens is 3. The smallest absolute Gasteiger partial charge is 0.399 e. The molecule has 0 aliphatic heterocycles. The monoisotopic (exact) mass is 564 g/mol. The summed E-state index contributed by atoms with van der Waals surface area (Å²) in [6, 6.07) is 15.2. The molecular formula is C26H27F3N4O5S. The SMILES string of the molecule is CC(C)C(NC(=O)Cn1c(-c2ccccc2)ccc(NS(=O)(=O)Cc2ccc(N)cc2)c1=O)C(=O)C(F)(F)F. The Morgan fingerprint density at radius 2 is 1.59 bits per heavy atom. The second-order valence-electron chi connectivity index (χ2n) is 9.14. The maximum atomic E-state index is 13.4. The van der Waals surface area contributed by atoms with Gasteiger partial charge in [0.1, 0.15) is 12.2 Å². The Labute approximate surface area is 222 Å². The fourth-order valence-electron chi connectivity index (χ4n) is 3.78. The average Bonchev–Trinajstić information content (AvgIpc) is 2.85. The summed E-state index contributed by atoms with van der Waals surface area (Å²) in [5.41, 5.74) is 5.89. The summed E-state index contributed by atoms with van der Waals surface area (Å²) in [5.74, 6) is -4.51. The van der Waals surface area contributed by atoms with Gasteiger partial charge in [0, 0.05) is 5.69 Å². The molecule has 9 nitrogen and oxygen atoms in total.